The number of carbonyl (C=O) groups is 2. The molecule has 0 saturated carbocycles. The first-order valence-electron chi connectivity index (χ1n) is 12.9. The van der Waals surface area contributed by atoms with Crippen LogP contribution in [-0.2, 0) is 41.9 Å². The van der Waals surface area contributed by atoms with Crippen molar-refractivity contribution in [1.82, 2.24) is 40.4 Å². The number of aromatic nitrogens is 6. The molecule has 37 heavy (non-hydrogen) atoms. The number of nitrogens with one attached hydrogen (secondary N) is 2. The number of pyridine rings is 1. The minimum absolute atomic E-state index is 0.0172. The zero-order valence-electron chi connectivity index (χ0n) is 20.6. The number of H-pyrrole nitrogens is 1. The van der Waals surface area contributed by atoms with Gasteiger partial charge in [0, 0.05) is 37.8 Å². The van der Waals surface area contributed by atoms with E-state index in [1.165, 1.54) is 17.7 Å². The molecule has 0 aromatic carbocycles. The fourth-order valence-corrected chi connectivity index (χ4v) is 5.29. The Hall–Kier alpha value is -3.80. The predicted octanol–water partition coefficient (Wildman–Crippen LogP) is 0.826. The van der Waals surface area contributed by atoms with Gasteiger partial charge in [-0.2, -0.15) is 5.10 Å². The van der Waals surface area contributed by atoms with Crippen molar-refractivity contribution in [3.8, 4) is 5.75 Å². The summed E-state index contributed by atoms with van der Waals surface area (Å²) < 4.78 is 13.7. The molecular formula is C25H30N8O4. The van der Waals surface area contributed by atoms with Gasteiger partial charge in [0.15, 0.2) is 11.4 Å². The zero-order chi connectivity index (χ0) is 25.2. The molecule has 0 radical (unpaired) electrons. The number of aromatic amines is 1. The molecule has 12 nitrogen and oxygen atoms in total. The Labute approximate surface area is 213 Å². The summed E-state index contributed by atoms with van der Waals surface area (Å²) in [6, 6.07) is 3.04. The lowest BCUT2D eigenvalue weighted by molar-refractivity contribution is -0.130. The van der Waals surface area contributed by atoms with Crippen molar-refractivity contribution in [2.45, 2.75) is 63.8 Å². The fraction of sp³-hybridized carbons (Fsp3) is 0.520. The van der Waals surface area contributed by atoms with E-state index in [1.54, 1.807) is 27.9 Å². The number of fused-ring (bicyclic) bond motifs is 5. The number of aryl methyl sites for hydroxylation is 2. The van der Waals surface area contributed by atoms with E-state index in [9.17, 15) is 9.59 Å². The van der Waals surface area contributed by atoms with Gasteiger partial charge >= 0.3 is 0 Å². The number of nitrogens with zero attached hydrogens (tertiary/aromatic N) is 6. The molecule has 3 aromatic heterocycles. The van der Waals surface area contributed by atoms with Crippen molar-refractivity contribution in [3.63, 3.8) is 0 Å². The number of hydrogen-bond donors (Lipinski definition) is 2. The number of likely N-dealkylation sites (tertiary alicyclic amines) is 1. The van der Waals surface area contributed by atoms with Gasteiger partial charge in [-0.05, 0) is 43.4 Å². The Bertz CT molecular complexity index is 1290. The van der Waals surface area contributed by atoms with Crippen LogP contribution in [0.15, 0.2) is 24.5 Å². The Morgan fingerprint density at radius 2 is 2.14 bits per heavy atom. The second kappa shape index (κ2) is 10.3. The first kappa shape index (κ1) is 23.6. The van der Waals surface area contributed by atoms with Crippen molar-refractivity contribution in [1.29, 1.82) is 0 Å². The van der Waals surface area contributed by atoms with E-state index in [-0.39, 0.29) is 24.1 Å². The Morgan fingerprint density at radius 3 is 3.08 bits per heavy atom. The van der Waals surface area contributed by atoms with Crippen LogP contribution in [0.25, 0.3) is 0 Å². The molecular weight excluding hydrogens is 476 g/mol. The van der Waals surface area contributed by atoms with Crippen LogP contribution >= 0.6 is 0 Å². The molecule has 2 atom stereocenters. The highest BCUT2D eigenvalue weighted by molar-refractivity contribution is 5.95. The van der Waals surface area contributed by atoms with E-state index < -0.39 is 12.1 Å². The molecule has 1 saturated heterocycles. The standard InChI is InChI=1S/C25H30N8O4/c34-23(8-7-19-17-4-1-2-5-18(17)29-30-19)32-13-20-22(14-32)37-15-16-12-33(31-28-16)10-11-36-21-6-3-9-26-24(21)25(35)27-20/h3,6,9,12,20,22H,1-2,4-5,7-8,10-11,13-15H2,(H,27,35)(H,29,30)/t20-,22-/m0/s1. The molecule has 2 amide bonds. The van der Waals surface area contributed by atoms with Gasteiger partial charge in [0.25, 0.3) is 5.91 Å². The minimum Gasteiger partial charge on any atom is -0.489 e. The highest BCUT2D eigenvalue weighted by atomic mass is 16.5. The third-order valence-corrected chi connectivity index (χ3v) is 7.25. The Morgan fingerprint density at radius 1 is 1.22 bits per heavy atom. The fourth-order valence-electron chi connectivity index (χ4n) is 5.29. The maximum Gasteiger partial charge on any atom is 0.274 e. The van der Waals surface area contributed by atoms with Gasteiger partial charge in [-0.15, -0.1) is 5.10 Å². The molecule has 2 N–H and O–H groups in total. The lowest BCUT2D eigenvalue weighted by Gasteiger charge is -2.20. The first-order chi connectivity index (χ1) is 18.1. The average Bonchev–Trinajstić information content (AvgIpc) is 3.65. The third-order valence-electron chi connectivity index (χ3n) is 7.25. The number of ether oxygens (including phenoxy) is 2. The minimum atomic E-state index is -0.401. The molecule has 3 aromatic rings. The summed E-state index contributed by atoms with van der Waals surface area (Å²) in [5.74, 6) is 0.0485. The van der Waals surface area contributed by atoms with Gasteiger partial charge < -0.3 is 19.7 Å². The summed E-state index contributed by atoms with van der Waals surface area (Å²) in [7, 11) is 0. The van der Waals surface area contributed by atoms with Crippen LogP contribution in [0.3, 0.4) is 0 Å². The third kappa shape index (κ3) is 5.06. The van der Waals surface area contributed by atoms with Gasteiger partial charge in [-0.25, -0.2) is 9.67 Å². The van der Waals surface area contributed by atoms with Gasteiger partial charge in [0.05, 0.1) is 37.2 Å². The lowest BCUT2D eigenvalue weighted by atomic mass is 9.94. The van der Waals surface area contributed by atoms with Gasteiger partial charge in [0.1, 0.15) is 12.3 Å². The smallest absolute Gasteiger partial charge is 0.274 e. The second-order valence-electron chi connectivity index (χ2n) is 9.73. The van der Waals surface area contributed by atoms with E-state index in [4.69, 9.17) is 9.47 Å². The quantitative estimate of drug-likeness (QED) is 0.532. The topological polar surface area (TPSA) is 140 Å². The number of amides is 2. The van der Waals surface area contributed by atoms with Gasteiger partial charge in [-0.3, -0.25) is 14.7 Å². The van der Waals surface area contributed by atoms with Crippen LogP contribution in [-0.4, -0.2) is 78.7 Å². The lowest BCUT2D eigenvalue weighted by Crippen LogP contribution is -2.44. The van der Waals surface area contributed by atoms with Crippen molar-refractivity contribution in [2.75, 3.05) is 19.7 Å². The van der Waals surface area contributed by atoms with Crippen LogP contribution in [0.1, 0.15) is 52.4 Å². The average molecular weight is 507 g/mol. The summed E-state index contributed by atoms with van der Waals surface area (Å²) in [6.07, 6.45) is 8.32. The molecule has 0 spiro atoms. The van der Waals surface area contributed by atoms with E-state index in [0.717, 1.165) is 25.0 Å². The largest absolute Gasteiger partial charge is 0.489 e. The van der Waals surface area contributed by atoms with E-state index in [0.29, 0.717) is 50.5 Å². The van der Waals surface area contributed by atoms with Crippen LogP contribution in [0, 0.1) is 0 Å². The highest BCUT2D eigenvalue weighted by Crippen LogP contribution is 2.24. The monoisotopic (exact) mass is 506 g/mol. The van der Waals surface area contributed by atoms with Gasteiger partial charge in [-0.1, -0.05) is 5.21 Å². The van der Waals surface area contributed by atoms with Crippen LogP contribution in [0.5, 0.6) is 5.75 Å². The summed E-state index contributed by atoms with van der Waals surface area (Å²) in [5.41, 5.74) is 4.37. The van der Waals surface area contributed by atoms with Crippen molar-refractivity contribution in [3.05, 3.63) is 52.9 Å². The van der Waals surface area contributed by atoms with Crippen LogP contribution in [0.4, 0.5) is 0 Å². The number of carbonyl (C=O) groups excluding carboxylic acids is 2. The molecule has 5 heterocycles. The molecule has 12 heteroatoms. The SMILES string of the molecule is O=C1N[C@H]2CN(C(=O)CCc3n[nH]c4c3CCCC4)C[C@@H]2OCc2cn(nn2)CCOc2cccnc21. The maximum atomic E-state index is 13.2. The molecule has 0 unspecified atom stereocenters. The summed E-state index contributed by atoms with van der Waals surface area (Å²) in [5, 5.41) is 18.9. The second-order valence-corrected chi connectivity index (χ2v) is 9.73. The van der Waals surface area contributed by atoms with Crippen molar-refractivity contribution >= 4 is 11.8 Å². The van der Waals surface area contributed by atoms with E-state index in [1.807, 2.05) is 6.20 Å². The molecule has 3 aliphatic rings. The summed E-state index contributed by atoms with van der Waals surface area (Å²) >= 11 is 0. The summed E-state index contributed by atoms with van der Waals surface area (Å²) in [6.45, 7) is 1.74. The number of hydrogen-bond acceptors (Lipinski definition) is 8. The van der Waals surface area contributed by atoms with Crippen molar-refractivity contribution < 1.29 is 19.1 Å². The molecule has 1 fully saturated rings. The molecule has 1 aliphatic carbocycles. The van der Waals surface area contributed by atoms with Crippen LogP contribution in [0.2, 0.25) is 0 Å². The normalized spacial score (nSPS) is 21.7. The Kier molecular flexibility index (Phi) is 6.56. The number of rotatable bonds is 3. The Balaban J connectivity index is 1.17. The maximum absolute atomic E-state index is 13.2. The molecule has 6 rings (SSSR count). The zero-order valence-corrected chi connectivity index (χ0v) is 20.6. The highest BCUT2D eigenvalue weighted by Gasteiger charge is 2.38. The van der Waals surface area contributed by atoms with Crippen molar-refractivity contribution in [2.24, 2.45) is 0 Å². The van der Waals surface area contributed by atoms with Gasteiger partial charge in [0.2, 0.25) is 5.91 Å². The molecule has 2 bridgehead atoms. The molecule has 2 aliphatic heterocycles. The van der Waals surface area contributed by atoms with E-state index >= 15 is 0 Å². The van der Waals surface area contributed by atoms with Crippen LogP contribution < -0.4 is 10.1 Å². The first-order valence-corrected chi connectivity index (χ1v) is 12.9. The predicted molar refractivity (Wildman–Crippen MR) is 130 cm³/mol. The molecule has 194 valence electrons. The van der Waals surface area contributed by atoms with E-state index in [2.05, 4.69) is 30.8 Å². The summed E-state index contributed by atoms with van der Waals surface area (Å²) in [4.78, 5) is 32.4.